The molecular weight excluding hydrogens is 170 g/mol. The third-order valence-corrected chi connectivity index (χ3v) is 2.22. The number of aromatic nitrogens is 1. The van der Waals surface area contributed by atoms with Crippen molar-refractivity contribution in [2.75, 3.05) is 7.11 Å². The zero-order valence-corrected chi connectivity index (χ0v) is 6.91. The summed E-state index contributed by atoms with van der Waals surface area (Å²) in [7, 11) is 1.33. The Morgan fingerprint density at radius 3 is 3.00 bits per heavy atom. The van der Waals surface area contributed by atoms with E-state index >= 15 is 0 Å². The van der Waals surface area contributed by atoms with Gasteiger partial charge in [-0.1, -0.05) is 0 Å². The van der Waals surface area contributed by atoms with E-state index in [0.29, 0.717) is 9.90 Å². The van der Waals surface area contributed by atoms with E-state index in [2.05, 4.69) is 22.3 Å². The lowest BCUT2D eigenvalue weighted by Gasteiger charge is -1.92. The lowest BCUT2D eigenvalue weighted by atomic mass is 10.6. The van der Waals surface area contributed by atoms with Crippen LogP contribution in [0, 0.1) is 0 Å². The molecule has 10 heavy (non-hydrogen) atoms. The first-order chi connectivity index (χ1) is 4.75. The van der Waals surface area contributed by atoms with Gasteiger partial charge >= 0.3 is 5.97 Å². The summed E-state index contributed by atoms with van der Waals surface area (Å²) in [6.07, 6.45) is 0. The van der Waals surface area contributed by atoms with Crippen LogP contribution in [0.25, 0.3) is 0 Å². The van der Waals surface area contributed by atoms with Crippen LogP contribution in [0.2, 0.25) is 0 Å². The van der Waals surface area contributed by atoms with Crippen LogP contribution in [0.5, 0.6) is 0 Å². The molecule has 0 saturated carbocycles. The molecule has 0 spiro atoms. The van der Waals surface area contributed by atoms with Crippen LogP contribution in [0.4, 0.5) is 0 Å². The van der Waals surface area contributed by atoms with Crippen molar-refractivity contribution in [3.05, 3.63) is 10.4 Å². The van der Waals surface area contributed by atoms with Crippen molar-refractivity contribution in [3.63, 3.8) is 0 Å². The topological polar surface area (TPSA) is 39.2 Å². The van der Waals surface area contributed by atoms with Crippen molar-refractivity contribution >= 4 is 29.9 Å². The molecule has 0 saturated heterocycles. The number of methoxy groups -OCH3 is 1. The van der Waals surface area contributed by atoms with Crippen LogP contribution in [0.1, 0.15) is 9.67 Å². The molecule has 1 rings (SSSR count). The van der Waals surface area contributed by atoms with E-state index in [9.17, 15) is 4.79 Å². The van der Waals surface area contributed by atoms with Gasteiger partial charge in [-0.25, -0.2) is 9.78 Å². The maximum Gasteiger partial charge on any atom is 0.350 e. The average molecular weight is 175 g/mol. The molecule has 0 unspecified atom stereocenters. The lowest BCUT2D eigenvalue weighted by Crippen LogP contribution is -1.98. The van der Waals surface area contributed by atoms with Gasteiger partial charge in [-0.15, -0.1) is 24.0 Å². The predicted molar refractivity (Wildman–Crippen MR) is 40.7 cm³/mol. The highest BCUT2D eigenvalue weighted by Gasteiger charge is 2.11. The molecule has 0 fully saturated rings. The number of nitrogens with zero attached hydrogens (tertiary/aromatic N) is 1. The normalized spacial score (nSPS) is 9.40. The highest BCUT2D eigenvalue weighted by Crippen LogP contribution is 2.16. The largest absolute Gasteiger partial charge is 0.465 e. The van der Waals surface area contributed by atoms with Gasteiger partial charge in [0.05, 0.1) is 12.6 Å². The first kappa shape index (κ1) is 7.56. The second-order valence-electron chi connectivity index (χ2n) is 1.50. The number of carbonyl (C=O) groups is 1. The minimum atomic E-state index is -0.382. The molecule has 54 valence electrons. The summed E-state index contributed by atoms with van der Waals surface area (Å²) in [6.45, 7) is 0. The maximum absolute atomic E-state index is 10.8. The summed E-state index contributed by atoms with van der Waals surface area (Å²) in [5, 5.41) is 0.428. The van der Waals surface area contributed by atoms with Crippen LogP contribution in [-0.2, 0) is 4.74 Å². The number of hydrogen-bond donors (Lipinski definition) is 1. The number of thiazole rings is 1. The van der Waals surface area contributed by atoms with E-state index < -0.39 is 0 Å². The second kappa shape index (κ2) is 3.03. The van der Waals surface area contributed by atoms with Crippen LogP contribution in [0.15, 0.2) is 10.5 Å². The molecular formula is C5H5NO2S2. The minimum absolute atomic E-state index is 0.382. The lowest BCUT2D eigenvalue weighted by molar-refractivity contribution is 0.0602. The Morgan fingerprint density at radius 2 is 2.60 bits per heavy atom. The fourth-order valence-corrected chi connectivity index (χ4v) is 1.46. The Balaban J connectivity index is 2.93. The average Bonchev–Trinajstić information content (AvgIpc) is 2.34. The highest BCUT2D eigenvalue weighted by molar-refractivity contribution is 7.80. The zero-order valence-electron chi connectivity index (χ0n) is 5.20. The van der Waals surface area contributed by atoms with E-state index in [-0.39, 0.29) is 5.97 Å². The minimum Gasteiger partial charge on any atom is -0.465 e. The molecule has 0 aliphatic rings. The molecule has 3 nitrogen and oxygen atoms in total. The van der Waals surface area contributed by atoms with Crippen molar-refractivity contribution in [1.29, 1.82) is 0 Å². The van der Waals surface area contributed by atoms with E-state index in [1.807, 2.05) is 0 Å². The van der Waals surface area contributed by atoms with Gasteiger partial charge in [-0.2, -0.15) is 0 Å². The molecule has 1 heterocycles. The molecule has 0 atom stereocenters. The van der Waals surface area contributed by atoms with E-state index in [4.69, 9.17) is 0 Å². The Bertz CT molecular complexity index is 246. The van der Waals surface area contributed by atoms with Crippen molar-refractivity contribution in [2.24, 2.45) is 0 Å². The van der Waals surface area contributed by atoms with Crippen LogP contribution >= 0.6 is 24.0 Å². The first-order valence-electron chi connectivity index (χ1n) is 2.46. The van der Waals surface area contributed by atoms with Gasteiger partial charge in [0.1, 0.15) is 9.90 Å². The number of thiol groups is 1. The van der Waals surface area contributed by atoms with Gasteiger partial charge in [-0.05, 0) is 0 Å². The van der Waals surface area contributed by atoms with Gasteiger partial charge < -0.3 is 4.74 Å². The van der Waals surface area contributed by atoms with Crippen molar-refractivity contribution in [3.8, 4) is 0 Å². The number of carbonyl (C=O) groups excluding carboxylic acids is 1. The van der Waals surface area contributed by atoms with Gasteiger partial charge in [0, 0.05) is 0 Å². The molecule has 0 aliphatic carbocycles. The number of rotatable bonds is 1. The standard InChI is InChI=1S/C5H5NO2S2/c1-8-5(7)3-4(9)6-2-10-3/h2,9H,1H3. The van der Waals surface area contributed by atoms with Crippen molar-refractivity contribution in [1.82, 2.24) is 4.98 Å². The molecule has 0 amide bonds. The fraction of sp³-hybridized carbons (Fsp3) is 0.200. The van der Waals surface area contributed by atoms with Gasteiger partial charge in [0.2, 0.25) is 0 Å². The molecule has 1 aromatic rings. The summed E-state index contributed by atoms with van der Waals surface area (Å²) in [4.78, 5) is 15.0. The molecule has 0 bridgehead atoms. The molecule has 0 N–H and O–H groups in total. The molecule has 5 heteroatoms. The highest BCUT2D eigenvalue weighted by atomic mass is 32.1. The SMILES string of the molecule is COC(=O)c1scnc1S. The van der Waals surface area contributed by atoms with Gasteiger partial charge in [-0.3, -0.25) is 0 Å². The predicted octanol–water partition coefficient (Wildman–Crippen LogP) is 1.22. The van der Waals surface area contributed by atoms with Crippen molar-refractivity contribution < 1.29 is 9.53 Å². The van der Waals surface area contributed by atoms with Crippen LogP contribution in [-0.4, -0.2) is 18.1 Å². The summed E-state index contributed by atoms with van der Waals surface area (Å²) < 4.78 is 4.46. The Kier molecular flexibility index (Phi) is 2.29. The van der Waals surface area contributed by atoms with E-state index in [1.165, 1.54) is 18.4 Å². The van der Waals surface area contributed by atoms with E-state index in [1.54, 1.807) is 5.51 Å². The number of hydrogen-bond acceptors (Lipinski definition) is 5. The summed E-state index contributed by atoms with van der Waals surface area (Å²) >= 11 is 5.16. The fourth-order valence-electron chi connectivity index (χ4n) is 0.472. The van der Waals surface area contributed by atoms with Crippen LogP contribution in [0.3, 0.4) is 0 Å². The Labute approximate surface area is 67.5 Å². The summed E-state index contributed by atoms with van der Waals surface area (Å²) in [5.41, 5.74) is 1.55. The molecule has 0 radical (unpaired) electrons. The van der Waals surface area contributed by atoms with Crippen LogP contribution < -0.4 is 0 Å². The quantitative estimate of drug-likeness (QED) is 0.515. The molecule has 0 aliphatic heterocycles. The zero-order chi connectivity index (χ0) is 7.56. The smallest absolute Gasteiger partial charge is 0.350 e. The second-order valence-corrected chi connectivity index (χ2v) is 2.78. The number of ether oxygens (including phenoxy) is 1. The third-order valence-electron chi connectivity index (χ3n) is 0.919. The van der Waals surface area contributed by atoms with Gasteiger partial charge in [0.15, 0.2) is 0 Å². The first-order valence-corrected chi connectivity index (χ1v) is 3.79. The summed E-state index contributed by atoms with van der Waals surface area (Å²) in [6, 6.07) is 0. The summed E-state index contributed by atoms with van der Waals surface area (Å²) in [5.74, 6) is -0.382. The van der Waals surface area contributed by atoms with E-state index in [0.717, 1.165) is 0 Å². The Morgan fingerprint density at radius 1 is 1.90 bits per heavy atom. The third kappa shape index (κ3) is 1.30. The Hall–Kier alpha value is -0.550. The molecule has 1 aromatic heterocycles. The monoisotopic (exact) mass is 175 g/mol. The number of esters is 1. The maximum atomic E-state index is 10.8. The molecule has 0 aromatic carbocycles. The van der Waals surface area contributed by atoms with Gasteiger partial charge in [0.25, 0.3) is 0 Å². The van der Waals surface area contributed by atoms with Crippen molar-refractivity contribution in [2.45, 2.75) is 5.03 Å².